The Bertz CT molecular complexity index is 1260. The van der Waals surface area contributed by atoms with Crippen LogP contribution in [0.3, 0.4) is 0 Å². The van der Waals surface area contributed by atoms with Gasteiger partial charge in [0.2, 0.25) is 11.7 Å². The predicted molar refractivity (Wildman–Crippen MR) is 115 cm³/mol. The number of rotatable bonds is 7. The van der Waals surface area contributed by atoms with Crippen molar-refractivity contribution in [1.29, 1.82) is 0 Å². The monoisotopic (exact) mass is 453 g/mol. The van der Waals surface area contributed by atoms with E-state index in [-0.39, 0.29) is 5.25 Å². The maximum absolute atomic E-state index is 6.04. The van der Waals surface area contributed by atoms with E-state index in [1.165, 1.54) is 11.8 Å². The van der Waals surface area contributed by atoms with Crippen LogP contribution in [0.1, 0.15) is 23.8 Å². The highest BCUT2D eigenvalue weighted by Gasteiger charge is 2.23. The van der Waals surface area contributed by atoms with Crippen LogP contribution in [0.2, 0.25) is 5.02 Å². The zero-order valence-electron chi connectivity index (χ0n) is 16.3. The van der Waals surface area contributed by atoms with E-state index in [0.717, 1.165) is 11.3 Å². The van der Waals surface area contributed by atoms with Gasteiger partial charge in [-0.1, -0.05) is 28.5 Å². The smallest absolute Gasteiger partial charge is 0.240 e. The van der Waals surface area contributed by atoms with Crippen molar-refractivity contribution in [3.8, 4) is 23.0 Å². The van der Waals surface area contributed by atoms with E-state index >= 15 is 0 Å². The van der Waals surface area contributed by atoms with Crippen molar-refractivity contribution >= 4 is 23.4 Å². The SMILES string of the molecule is C[C@@H](Sc1nnc(-c2ccc(Cl)cc2)n1Cc1ccco1)c1nc(-c2ccco2)no1. The zero-order chi connectivity index (χ0) is 21.2. The molecule has 0 aliphatic heterocycles. The number of benzene rings is 1. The fourth-order valence-electron chi connectivity index (χ4n) is 3.00. The highest BCUT2D eigenvalue weighted by atomic mass is 35.5. The predicted octanol–water partition coefficient (Wildman–Crippen LogP) is 5.74. The van der Waals surface area contributed by atoms with Crippen molar-refractivity contribution in [3.05, 3.63) is 77.7 Å². The van der Waals surface area contributed by atoms with Gasteiger partial charge in [-0.05, 0) is 55.5 Å². The molecule has 1 aromatic carbocycles. The van der Waals surface area contributed by atoms with Crippen LogP contribution < -0.4 is 0 Å². The number of halogens is 1. The molecule has 4 aromatic heterocycles. The summed E-state index contributed by atoms with van der Waals surface area (Å²) in [6.45, 7) is 2.45. The molecule has 156 valence electrons. The van der Waals surface area contributed by atoms with Crippen LogP contribution in [0.5, 0.6) is 0 Å². The summed E-state index contributed by atoms with van der Waals surface area (Å²) in [6.07, 6.45) is 3.21. The molecule has 31 heavy (non-hydrogen) atoms. The van der Waals surface area contributed by atoms with Crippen molar-refractivity contribution in [3.63, 3.8) is 0 Å². The molecule has 0 N–H and O–H groups in total. The van der Waals surface area contributed by atoms with Gasteiger partial charge in [0, 0.05) is 10.6 Å². The van der Waals surface area contributed by atoms with Crippen LogP contribution in [0.15, 0.2) is 79.6 Å². The molecule has 10 heteroatoms. The van der Waals surface area contributed by atoms with E-state index in [9.17, 15) is 0 Å². The van der Waals surface area contributed by atoms with Crippen LogP contribution in [0, 0.1) is 0 Å². The topological polar surface area (TPSA) is 95.9 Å². The Labute approximate surface area is 186 Å². The van der Waals surface area contributed by atoms with Crippen LogP contribution >= 0.6 is 23.4 Å². The highest BCUT2D eigenvalue weighted by Crippen LogP contribution is 2.36. The molecule has 0 fully saturated rings. The first-order valence-corrected chi connectivity index (χ1v) is 10.7. The number of furan rings is 2. The molecule has 5 rings (SSSR count). The maximum Gasteiger partial charge on any atom is 0.240 e. The lowest BCUT2D eigenvalue weighted by atomic mass is 10.2. The van der Waals surface area contributed by atoms with E-state index in [1.807, 2.05) is 47.9 Å². The Morgan fingerprint density at radius 1 is 1.03 bits per heavy atom. The lowest BCUT2D eigenvalue weighted by Crippen LogP contribution is -2.04. The van der Waals surface area contributed by atoms with E-state index < -0.39 is 0 Å². The lowest BCUT2D eigenvalue weighted by Gasteiger charge is -2.10. The molecule has 1 atom stereocenters. The second kappa shape index (κ2) is 8.44. The first-order chi connectivity index (χ1) is 15.2. The third-order valence-corrected chi connectivity index (χ3v) is 5.85. The van der Waals surface area contributed by atoms with Crippen molar-refractivity contribution in [1.82, 2.24) is 24.9 Å². The third kappa shape index (κ3) is 4.14. The molecule has 0 amide bonds. The Morgan fingerprint density at radius 2 is 1.84 bits per heavy atom. The molecule has 8 nitrogen and oxygen atoms in total. The quantitative estimate of drug-likeness (QED) is 0.288. The van der Waals surface area contributed by atoms with Crippen LogP contribution in [-0.2, 0) is 6.54 Å². The molecule has 0 unspecified atom stereocenters. The van der Waals surface area contributed by atoms with E-state index in [0.29, 0.717) is 40.0 Å². The van der Waals surface area contributed by atoms with E-state index in [4.69, 9.17) is 25.0 Å². The van der Waals surface area contributed by atoms with E-state index in [2.05, 4.69) is 20.3 Å². The summed E-state index contributed by atoms with van der Waals surface area (Å²) in [5.74, 6) is 2.94. The number of nitrogens with zero attached hydrogens (tertiary/aromatic N) is 5. The van der Waals surface area contributed by atoms with Gasteiger partial charge in [0.05, 0.1) is 24.3 Å². The molecular weight excluding hydrogens is 438 g/mol. The minimum absolute atomic E-state index is 0.158. The Hall–Kier alpha value is -3.30. The van der Waals surface area contributed by atoms with Gasteiger partial charge in [0.25, 0.3) is 0 Å². The maximum atomic E-state index is 6.04. The summed E-state index contributed by atoms with van der Waals surface area (Å²) >= 11 is 7.51. The Morgan fingerprint density at radius 3 is 2.58 bits per heavy atom. The van der Waals surface area contributed by atoms with Gasteiger partial charge in [0.1, 0.15) is 5.76 Å². The highest BCUT2D eigenvalue weighted by molar-refractivity contribution is 7.99. The van der Waals surface area contributed by atoms with Gasteiger partial charge in [-0.15, -0.1) is 10.2 Å². The summed E-state index contributed by atoms with van der Waals surface area (Å²) in [4.78, 5) is 4.45. The van der Waals surface area contributed by atoms with Gasteiger partial charge in [-0.2, -0.15) is 4.98 Å². The molecule has 0 bridgehead atoms. The summed E-state index contributed by atoms with van der Waals surface area (Å²) in [6, 6.07) is 14.8. The minimum Gasteiger partial charge on any atom is -0.467 e. The fourth-order valence-corrected chi connectivity index (χ4v) is 4.01. The molecule has 0 saturated heterocycles. The first kappa shape index (κ1) is 19.7. The summed E-state index contributed by atoms with van der Waals surface area (Å²) in [7, 11) is 0. The molecule has 0 aliphatic carbocycles. The summed E-state index contributed by atoms with van der Waals surface area (Å²) < 4.78 is 18.3. The van der Waals surface area contributed by atoms with Crippen molar-refractivity contribution in [2.75, 3.05) is 0 Å². The number of thioether (sulfide) groups is 1. The summed E-state index contributed by atoms with van der Waals surface area (Å²) in [5, 5.41) is 14.0. The minimum atomic E-state index is -0.158. The van der Waals surface area contributed by atoms with E-state index in [1.54, 1.807) is 24.7 Å². The zero-order valence-corrected chi connectivity index (χ0v) is 17.9. The lowest BCUT2D eigenvalue weighted by molar-refractivity contribution is 0.379. The molecule has 0 spiro atoms. The van der Waals surface area contributed by atoms with Crippen molar-refractivity contribution < 1.29 is 13.4 Å². The molecule has 0 radical (unpaired) electrons. The molecule has 4 heterocycles. The Kier molecular flexibility index (Phi) is 5.35. The first-order valence-electron chi connectivity index (χ1n) is 9.43. The van der Waals surface area contributed by atoms with Crippen LogP contribution in [0.25, 0.3) is 23.0 Å². The van der Waals surface area contributed by atoms with Crippen molar-refractivity contribution in [2.24, 2.45) is 0 Å². The van der Waals surface area contributed by atoms with Crippen LogP contribution in [0.4, 0.5) is 0 Å². The second-order valence-corrected chi connectivity index (χ2v) is 8.42. The molecule has 0 saturated carbocycles. The average Bonchev–Trinajstić information content (AvgIpc) is 3.57. The van der Waals surface area contributed by atoms with Gasteiger partial charge >= 0.3 is 0 Å². The van der Waals surface area contributed by atoms with Gasteiger partial charge in [-0.25, -0.2) is 0 Å². The summed E-state index contributed by atoms with van der Waals surface area (Å²) in [5.41, 5.74) is 0.904. The second-order valence-electron chi connectivity index (χ2n) is 6.67. The third-order valence-electron chi connectivity index (χ3n) is 4.53. The van der Waals surface area contributed by atoms with Crippen LogP contribution in [-0.4, -0.2) is 24.9 Å². The fraction of sp³-hybridized carbons (Fsp3) is 0.143. The van der Waals surface area contributed by atoms with Gasteiger partial charge in [0.15, 0.2) is 16.7 Å². The Balaban J connectivity index is 1.45. The number of hydrogen-bond acceptors (Lipinski definition) is 8. The standard InChI is InChI=1S/C21H16ClN5O3S/c1-13(20-23-18(26-30-20)17-5-3-11-29-17)31-21-25-24-19(14-6-8-15(22)9-7-14)27(21)12-16-4-2-10-28-16/h2-11,13H,12H2,1H3/t13-/m1/s1. The van der Waals surface area contributed by atoms with Gasteiger partial charge in [-0.3, -0.25) is 4.57 Å². The number of aromatic nitrogens is 5. The normalized spacial score (nSPS) is 12.3. The van der Waals surface area contributed by atoms with Crippen molar-refractivity contribution in [2.45, 2.75) is 23.9 Å². The number of hydrogen-bond donors (Lipinski definition) is 0. The average molecular weight is 454 g/mol. The molecule has 0 aliphatic rings. The molecular formula is C21H16ClN5O3S. The molecule has 5 aromatic rings. The van der Waals surface area contributed by atoms with Gasteiger partial charge < -0.3 is 13.4 Å². The largest absolute Gasteiger partial charge is 0.467 e.